The van der Waals surface area contributed by atoms with Crippen molar-refractivity contribution in [3.63, 3.8) is 0 Å². The van der Waals surface area contributed by atoms with Crippen LogP contribution in [0.5, 0.6) is 0 Å². The van der Waals surface area contributed by atoms with E-state index in [1.807, 2.05) is 0 Å². The second-order valence-corrected chi connectivity index (χ2v) is 8.31. The van der Waals surface area contributed by atoms with Crippen molar-refractivity contribution >= 4 is 27.4 Å². The maximum Gasteiger partial charge on any atom is 0.0541 e. The zero-order valence-corrected chi connectivity index (χ0v) is 17.9. The number of nitrogens with zero attached hydrogens (tertiary/aromatic N) is 2. The largest absolute Gasteiger partial charge is 0.369 e. The zero-order valence-electron chi connectivity index (χ0n) is 17.9. The highest BCUT2D eigenvalue weighted by Crippen LogP contribution is 2.32. The molecule has 32 heavy (non-hydrogen) atoms. The van der Waals surface area contributed by atoms with Gasteiger partial charge >= 0.3 is 0 Å². The number of rotatable bonds is 4. The fourth-order valence-electron chi connectivity index (χ4n) is 4.68. The Morgan fingerprint density at radius 1 is 0.625 bits per heavy atom. The molecular weight excluding hydrogens is 388 g/mol. The van der Waals surface area contributed by atoms with Crippen LogP contribution in [-0.4, -0.2) is 16.0 Å². The van der Waals surface area contributed by atoms with E-state index in [9.17, 15) is 0 Å². The molecule has 2 heteroatoms. The standard InChI is InChI=1S/C30H24N2/c1-2-8-23(9-3-1)22-31-20-18-25(19-21-31)24-14-16-26(17-15-24)32-29-12-6-4-10-27(29)28-11-5-7-13-30(28)32/h1-20H,21-22H2. The normalized spacial score (nSPS) is 13.6. The van der Waals surface area contributed by atoms with E-state index in [0.29, 0.717) is 0 Å². The van der Waals surface area contributed by atoms with Crippen molar-refractivity contribution < 1.29 is 0 Å². The molecule has 0 saturated carbocycles. The molecule has 0 radical (unpaired) electrons. The van der Waals surface area contributed by atoms with Crippen molar-refractivity contribution in [1.29, 1.82) is 0 Å². The van der Waals surface area contributed by atoms with E-state index in [0.717, 1.165) is 13.1 Å². The predicted molar refractivity (Wildman–Crippen MR) is 135 cm³/mol. The van der Waals surface area contributed by atoms with Gasteiger partial charge in [-0.2, -0.15) is 0 Å². The molecule has 4 aromatic carbocycles. The van der Waals surface area contributed by atoms with Crippen molar-refractivity contribution in [2.24, 2.45) is 0 Å². The summed E-state index contributed by atoms with van der Waals surface area (Å²) in [6, 6.07) is 36.9. The van der Waals surface area contributed by atoms with Crippen LogP contribution >= 0.6 is 0 Å². The quantitative estimate of drug-likeness (QED) is 0.303. The van der Waals surface area contributed by atoms with Crippen molar-refractivity contribution in [3.8, 4) is 5.69 Å². The van der Waals surface area contributed by atoms with E-state index >= 15 is 0 Å². The lowest BCUT2D eigenvalue weighted by Gasteiger charge is -2.23. The van der Waals surface area contributed by atoms with Gasteiger partial charge in [0.15, 0.2) is 0 Å². The van der Waals surface area contributed by atoms with Crippen LogP contribution in [0, 0.1) is 0 Å². The molecule has 2 heterocycles. The zero-order chi connectivity index (χ0) is 21.3. The number of benzene rings is 4. The fourth-order valence-corrected chi connectivity index (χ4v) is 4.68. The van der Waals surface area contributed by atoms with Gasteiger partial charge in [0.1, 0.15) is 0 Å². The van der Waals surface area contributed by atoms with Crippen molar-refractivity contribution in [1.82, 2.24) is 9.47 Å². The van der Waals surface area contributed by atoms with Gasteiger partial charge in [0.2, 0.25) is 0 Å². The Kier molecular flexibility index (Phi) is 4.62. The summed E-state index contributed by atoms with van der Waals surface area (Å²) >= 11 is 0. The minimum atomic E-state index is 0.926. The third kappa shape index (κ3) is 3.30. The molecule has 0 fully saturated rings. The van der Waals surface area contributed by atoms with E-state index in [-0.39, 0.29) is 0 Å². The molecule has 1 aliphatic rings. The number of aromatic nitrogens is 1. The fraction of sp³-hybridized carbons (Fsp3) is 0.0667. The average Bonchev–Trinajstić information content (AvgIpc) is 3.20. The molecule has 154 valence electrons. The van der Waals surface area contributed by atoms with Crippen LogP contribution in [-0.2, 0) is 6.54 Å². The van der Waals surface area contributed by atoms with Crippen LogP contribution in [0.25, 0.3) is 33.1 Å². The van der Waals surface area contributed by atoms with Crippen LogP contribution in [0.15, 0.2) is 121 Å². The van der Waals surface area contributed by atoms with E-state index in [1.54, 1.807) is 0 Å². The van der Waals surface area contributed by atoms with Crippen LogP contribution in [0.2, 0.25) is 0 Å². The minimum Gasteiger partial charge on any atom is -0.369 e. The van der Waals surface area contributed by atoms with E-state index in [2.05, 4.69) is 131 Å². The number of para-hydroxylation sites is 2. The summed E-state index contributed by atoms with van der Waals surface area (Å²) in [6.45, 7) is 1.86. The van der Waals surface area contributed by atoms with E-state index in [4.69, 9.17) is 0 Å². The Bertz CT molecular complexity index is 1400. The molecule has 0 bridgehead atoms. The number of hydrogen-bond donors (Lipinski definition) is 0. The summed E-state index contributed by atoms with van der Waals surface area (Å²) in [6.07, 6.45) is 6.75. The summed E-state index contributed by atoms with van der Waals surface area (Å²) in [7, 11) is 0. The Morgan fingerprint density at radius 3 is 1.88 bits per heavy atom. The van der Waals surface area contributed by atoms with Gasteiger partial charge in [0.05, 0.1) is 11.0 Å². The highest BCUT2D eigenvalue weighted by Gasteiger charge is 2.12. The molecule has 0 amide bonds. The summed E-state index contributed by atoms with van der Waals surface area (Å²) < 4.78 is 2.36. The third-order valence-electron chi connectivity index (χ3n) is 6.28. The summed E-state index contributed by atoms with van der Waals surface area (Å²) in [5, 5.41) is 2.59. The van der Waals surface area contributed by atoms with Gasteiger partial charge < -0.3 is 9.47 Å². The predicted octanol–water partition coefficient (Wildman–Crippen LogP) is 7.20. The molecule has 1 aliphatic heterocycles. The van der Waals surface area contributed by atoms with Crippen LogP contribution in [0.3, 0.4) is 0 Å². The first kappa shape index (κ1) is 18.7. The van der Waals surface area contributed by atoms with Gasteiger partial charge in [-0.1, -0.05) is 84.9 Å². The second kappa shape index (κ2) is 7.90. The monoisotopic (exact) mass is 412 g/mol. The molecule has 0 N–H and O–H groups in total. The molecule has 1 aromatic heterocycles. The lowest BCUT2D eigenvalue weighted by molar-refractivity contribution is 0.406. The Hall–Kier alpha value is -4.04. The smallest absolute Gasteiger partial charge is 0.0541 e. The molecule has 5 aromatic rings. The number of hydrogen-bond acceptors (Lipinski definition) is 1. The number of allylic oxidation sites excluding steroid dienone is 2. The molecule has 0 spiro atoms. The molecular formula is C30H24N2. The van der Waals surface area contributed by atoms with Gasteiger partial charge in [-0.05, 0) is 47.0 Å². The van der Waals surface area contributed by atoms with Crippen LogP contribution in [0.1, 0.15) is 11.1 Å². The molecule has 0 unspecified atom stereocenters. The van der Waals surface area contributed by atoms with Crippen LogP contribution < -0.4 is 0 Å². The average molecular weight is 413 g/mol. The summed E-state index contributed by atoms with van der Waals surface area (Å²) in [5.41, 5.74) is 7.56. The Morgan fingerprint density at radius 2 is 1.25 bits per heavy atom. The first-order valence-corrected chi connectivity index (χ1v) is 11.1. The first-order valence-electron chi connectivity index (χ1n) is 11.1. The minimum absolute atomic E-state index is 0.926. The third-order valence-corrected chi connectivity index (χ3v) is 6.28. The Balaban J connectivity index is 1.28. The molecule has 6 rings (SSSR count). The van der Waals surface area contributed by atoms with E-state index < -0.39 is 0 Å². The van der Waals surface area contributed by atoms with Gasteiger partial charge in [0, 0.05) is 35.7 Å². The van der Waals surface area contributed by atoms with Gasteiger partial charge in [-0.25, -0.2) is 0 Å². The molecule has 0 aliphatic carbocycles. The SMILES string of the molecule is C1=CN(Cc2ccccc2)CC=C1c1ccc(-n2c3ccccc3c3ccccc32)cc1. The lowest BCUT2D eigenvalue weighted by atomic mass is 10.0. The highest BCUT2D eigenvalue weighted by molar-refractivity contribution is 6.09. The van der Waals surface area contributed by atoms with Crippen molar-refractivity contribution in [3.05, 3.63) is 133 Å². The van der Waals surface area contributed by atoms with Crippen molar-refractivity contribution in [2.75, 3.05) is 6.54 Å². The lowest BCUT2D eigenvalue weighted by Crippen LogP contribution is -2.19. The summed E-state index contributed by atoms with van der Waals surface area (Å²) in [4.78, 5) is 2.34. The first-order chi connectivity index (χ1) is 15.9. The molecule has 2 nitrogen and oxygen atoms in total. The highest BCUT2D eigenvalue weighted by atomic mass is 15.1. The topological polar surface area (TPSA) is 8.17 Å². The maximum absolute atomic E-state index is 2.36. The van der Waals surface area contributed by atoms with Gasteiger partial charge in [0.25, 0.3) is 0 Å². The summed E-state index contributed by atoms with van der Waals surface area (Å²) in [5.74, 6) is 0. The van der Waals surface area contributed by atoms with Gasteiger partial charge in [-0.3, -0.25) is 0 Å². The Labute approximate surface area is 188 Å². The number of fused-ring (bicyclic) bond motifs is 3. The van der Waals surface area contributed by atoms with E-state index in [1.165, 1.54) is 44.2 Å². The maximum atomic E-state index is 2.36. The molecule has 0 saturated heterocycles. The molecule has 0 atom stereocenters. The van der Waals surface area contributed by atoms with Gasteiger partial charge in [-0.15, -0.1) is 0 Å². The van der Waals surface area contributed by atoms with Crippen LogP contribution in [0.4, 0.5) is 0 Å². The van der Waals surface area contributed by atoms with Crippen molar-refractivity contribution in [2.45, 2.75) is 6.54 Å². The second-order valence-electron chi connectivity index (χ2n) is 8.31.